The zero-order valence-corrected chi connectivity index (χ0v) is 18.7. The molecule has 1 aliphatic rings. The van der Waals surface area contributed by atoms with E-state index in [1.165, 1.54) is 24.3 Å². The molecule has 32 heavy (non-hydrogen) atoms. The number of halogens is 1. The summed E-state index contributed by atoms with van der Waals surface area (Å²) < 4.78 is 28.1. The Morgan fingerprint density at radius 2 is 1.50 bits per heavy atom. The third-order valence-electron chi connectivity index (χ3n) is 5.32. The highest BCUT2D eigenvalue weighted by molar-refractivity contribution is 7.92. The van der Waals surface area contributed by atoms with Crippen molar-refractivity contribution in [1.82, 2.24) is 4.90 Å². The molecule has 0 aromatic heterocycles. The number of nitrogens with zero attached hydrogens (tertiary/aromatic N) is 2. The molecular weight excluding hydrogens is 450 g/mol. The molecule has 166 valence electrons. The highest BCUT2D eigenvalue weighted by Crippen LogP contribution is 2.28. The molecule has 0 unspecified atom stereocenters. The van der Waals surface area contributed by atoms with Crippen molar-refractivity contribution in [3.05, 3.63) is 83.4 Å². The van der Waals surface area contributed by atoms with Crippen molar-refractivity contribution >= 4 is 38.9 Å². The summed E-state index contributed by atoms with van der Waals surface area (Å²) in [6, 6.07) is 19.5. The Balaban J connectivity index is 1.50. The van der Waals surface area contributed by atoms with E-state index in [0.717, 1.165) is 5.69 Å². The molecule has 0 radical (unpaired) electrons. The number of benzene rings is 3. The van der Waals surface area contributed by atoms with Crippen LogP contribution in [0.4, 0.5) is 11.4 Å². The summed E-state index contributed by atoms with van der Waals surface area (Å²) in [5.41, 5.74) is 1.23. The molecule has 1 fully saturated rings. The molecule has 3 aromatic carbocycles. The number of piperazine rings is 1. The lowest BCUT2D eigenvalue weighted by Crippen LogP contribution is -2.49. The first-order valence-corrected chi connectivity index (χ1v) is 11.9. The SMILES string of the molecule is O=C(c1ccccc1NS(=O)(=O)c1ccc(Cl)cc1)N1CCN(c2ccccc2O)CC1. The van der Waals surface area contributed by atoms with Gasteiger partial charge in [-0.05, 0) is 48.5 Å². The number of phenolic OH excluding ortho intramolecular Hbond substituents is 1. The predicted octanol–water partition coefficient (Wildman–Crippen LogP) is 3.81. The summed E-state index contributed by atoms with van der Waals surface area (Å²) in [5, 5.41) is 10.5. The summed E-state index contributed by atoms with van der Waals surface area (Å²) in [6.45, 7) is 2.01. The van der Waals surface area contributed by atoms with Gasteiger partial charge in [0.1, 0.15) is 5.75 Å². The van der Waals surface area contributed by atoms with Crippen molar-refractivity contribution < 1.29 is 18.3 Å². The van der Waals surface area contributed by atoms with Crippen molar-refractivity contribution in [2.75, 3.05) is 35.8 Å². The normalized spacial score (nSPS) is 14.3. The third kappa shape index (κ3) is 4.66. The van der Waals surface area contributed by atoms with Crippen LogP contribution in [0, 0.1) is 0 Å². The molecule has 1 amide bonds. The molecule has 0 atom stereocenters. The third-order valence-corrected chi connectivity index (χ3v) is 6.95. The Morgan fingerprint density at radius 3 is 2.19 bits per heavy atom. The van der Waals surface area contributed by atoms with Crippen LogP contribution in [0.2, 0.25) is 5.02 Å². The molecule has 2 N–H and O–H groups in total. The molecule has 3 aromatic rings. The Kier molecular flexibility index (Phi) is 6.25. The second-order valence-electron chi connectivity index (χ2n) is 7.37. The summed E-state index contributed by atoms with van der Waals surface area (Å²) in [5.74, 6) is -0.0504. The number of aromatic hydroxyl groups is 1. The number of amides is 1. The van der Waals surface area contributed by atoms with Gasteiger partial charge in [-0.25, -0.2) is 8.42 Å². The van der Waals surface area contributed by atoms with Gasteiger partial charge < -0.3 is 14.9 Å². The van der Waals surface area contributed by atoms with Gasteiger partial charge in [0.05, 0.1) is 21.8 Å². The van der Waals surface area contributed by atoms with E-state index in [1.54, 1.807) is 41.3 Å². The minimum atomic E-state index is -3.88. The summed E-state index contributed by atoms with van der Waals surface area (Å²) in [6.07, 6.45) is 0. The summed E-state index contributed by atoms with van der Waals surface area (Å²) >= 11 is 5.85. The van der Waals surface area contributed by atoms with Gasteiger partial charge in [0, 0.05) is 31.2 Å². The predicted molar refractivity (Wildman–Crippen MR) is 125 cm³/mol. The van der Waals surface area contributed by atoms with Gasteiger partial charge in [-0.3, -0.25) is 9.52 Å². The van der Waals surface area contributed by atoms with E-state index in [1.807, 2.05) is 17.0 Å². The molecule has 1 heterocycles. The fraction of sp³-hybridized carbons (Fsp3) is 0.174. The highest BCUT2D eigenvalue weighted by atomic mass is 35.5. The molecule has 4 rings (SSSR count). The van der Waals surface area contributed by atoms with E-state index < -0.39 is 10.0 Å². The molecule has 0 bridgehead atoms. The van der Waals surface area contributed by atoms with Crippen molar-refractivity contribution in [2.24, 2.45) is 0 Å². The molecule has 0 saturated carbocycles. The fourth-order valence-electron chi connectivity index (χ4n) is 3.63. The zero-order chi connectivity index (χ0) is 22.7. The van der Waals surface area contributed by atoms with Crippen LogP contribution >= 0.6 is 11.6 Å². The van der Waals surface area contributed by atoms with Crippen LogP contribution in [-0.2, 0) is 10.0 Å². The first-order chi connectivity index (χ1) is 15.3. The van der Waals surface area contributed by atoms with Gasteiger partial charge in [0.15, 0.2) is 0 Å². The van der Waals surface area contributed by atoms with Crippen LogP contribution in [0.15, 0.2) is 77.7 Å². The van der Waals surface area contributed by atoms with Gasteiger partial charge in [-0.15, -0.1) is 0 Å². The monoisotopic (exact) mass is 471 g/mol. The van der Waals surface area contributed by atoms with Gasteiger partial charge in [0.2, 0.25) is 0 Å². The van der Waals surface area contributed by atoms with Gasteiger partial charge in [-0.2, -0.15) is 0 Å². The van der Waals surface area contributed by atoms with Gasteiger partial charge >= 0.3 is 0 Å². The second-order valence-corrected chi connectivity index (χ2v) is 9.49. The number of sulfonamides is 1. The lowest BCUT2D eigenvalue weighted by atomic mass is 10.1. The number of carbonyl (C=O) groups excluding carboxylic acids is 1. The maximum atomic E-state index is 13.2. The van der Waals surface area contributed by atoms with Crippen molar-refractivity contribution in [3.8, 4) is 5.75 Å². The van der Waals surface area contributed by atoms with Crippen molar-refractivity contribution in [1.29, 1.82) is 0 Å². The van der Waals surface area contributed by atoms with E-state index in [0.29, 0.717) is 31.2 Å². The Labute approximate surface area is 191 Å². The average Bonchev–Trinajstić information content (AvgIpc) is 2.79. The van der Waals surface area contributed by atoms with Crippen molar-refractivity contribution in [2.45, 2.75) is 4.90 Å². The van der Waals surface area contributed by atoms with E-state index in [2.05, 4.69) is 4.72 Å². The van der Waals surface area contributed by atoms with E-state index >= 15 is 0 Å². The number of nitrogens with one attached hydrogen (secondary N) is 1. The minimum Gasteiger partial charge on any atom is -0.506 e. The summed E-state index contributed by atoms with van der Waals surface area (Å²) in [7, 11) is -3.88. The number of para-hydroxylation sites is 3. The molecular formula is C23H22ClN3O4S. The zero-order valence-electron chi connectivity index (χ0n) is 17.1. The Morgan fingerprint density at radius 1 is 0.875 bits per heavy atom. The van der Waals surface area contributed by atoms with Crippen LogP contribution in [0.5, 0.6) is 5.75 Å². The molecule has 1 aliphatic heterocycles. The standard InChI is InChI=1S/C23H22ClN3O4S/c24-17-9-11-18(12-10-17)32(30,31)25-20-6-2-1-5-19(20)23(29)27-15-13-26(14-16-27)21-7-3-4-8-22(21)28/h1-12,25,28H,13-16H2. The molecule has 1 saturated heterocycles. The largest absolute Gasteiger partial charge is 0.506 e. The van der Waals surface area contributed by atoms with Crippen molar-refractivity contribution in [3.63, 3.8) is 0 Å². The quantitative estimate of drug-likeness (QED) is 0.590. The Bertz CT molecular complexity index is 1220. The van der Waals surface area contributed by atoms with E-state index in [4.69, 9.17) is 11.6 Å². The maximum Gasteiger partial charge on any atom is 0.261 e. The smallest absolute Gasteiger partial charge is 0.261 e. The topological polar surface area (TPSA) is 90.0 Å². The molecule has 9 heteroatoms. The van der Waals surface area contributed by atoms with E-state index in [9.17, 15) is 18.3 Å². The van der Waals surface area contributed by atoms with Crippen LogP contribution in [0.1, 0.15) is 10.4 Å². The summed E-state index contributed by atoms with van der Waals surface area (Å²) in [4.78, 5) is 17.0. The van der Waals surface area contributed by atoms with Crippen LogP contribution in [-0.4, -0.2) is 50.5 Å². The maximum absolute atomic E-state index is 13.2. The number of phenols is 1. The molecule has 0 aliphatic carbocycles. The Hall–Kier alpha value is -3.23. The fourth-order valence-corrected chi connectivity index (χ4v) is 4.83. The second kappa shape index (κ2) is 9.10. The van der Waals surface area contributed by atoms with Crippen LogP contribution < -0.4 is 9.62 Å². The first kappa shape index (κ1) is 22.0. The number of anilines is 2. The lowest BCUT2D eigenvalue weighted by molar-refractivity contribution is 0.0748. The number of hydrogen-bond acceptors (Lipinski definition) is 5. The number of rotatable bonds is 5. The number of carbonyl (C=O) groups is 1. The highest BCUT2D eigenvalue weighted by Gasteiger charge is 2.26. The first-order valence-electron chi connectivity index (χ1n) is 10.0. The average molecular weight is 472 g/mol. The van der Waals surface area contributed by atoms with Gasteiger partial charge in [0.25, 0.3) is 15.9 Å². The molecule has 7 nitrogen and oxygen atoms in total. The number of hydrogen-bond donors (Lipinski definition) is 2. The minimum absolute atomic E-state index is 0.0560. The lowest BCUT2D eigenvalue weighted by Gasteiger charge is -2.36. The van der Waals surface area contributed by atoms with E-state index in [-0.39, 0.29) is 27.8 Å². The van der Waals surface area contributed by atoms with Crippen LogP contribution in [0.25, 0.3) is 0 Å². The van der Waals surface area contributed by atoms with Gasteiger partial charge in [-0.1, -0.05) is 35.9 Å². The molecule has 0 spiro atoms. The van der Waals surface area contributed by atoms with Crippen LogP contribution in [0.3, 0.4) is 0 Å².